The maximum atomic E-state index is 5.87. The van der Waals surface area contributed by atoms with E-state index in [2.05, 4.69) is 103 Å². The van der Waals surface area contributed by atoms with Crippen molar-refractivity contribution in [3.8, 4) is 0 Å². The molecule has 0 spiro atoms. The van der Waals surface area contributed by atoms with Crippen LogP contribution in [0.15, 0.2) is 24.3 Å². The van der Waals surface area contributed by atoms with Crippen LogP contribution in [0.5, 0.6) is 0 Å². The molecule has 0 unspecified atom stereocenters. The molecule has 0 bridgehead atoms. The minimum absolute atomic E-state index is 0.750. The Morgan fingerprint density at radius 1 is 0.520 bits per heavy atom. The summed E-state index contributed by atoms with van der Waals surface area (Å²) in [5.74, 6) is 0. The molecular formula is C20H46OSi4. The second-order valence-electron chi connectivity index (χ2n) is 11.8. The van der Waals surface area contributed by atoms with Crippen LogP contribution in [-0.4, -0.2) is 45.5 Å². The molecule has 0 aliphatic heterocycles. The summed E-state index contributed by atoms with van der Waals surface area (Å²) in [7, 11) is -4.56. The molecule has 0 saturated heterocycles. The summed E-state index contributed by atoms with van der Waals surface area (Å²) in [6.45, 7) is 31.5. The van der Waals surface area contributed by atoms with E-state index in [9.17, 15) is 0 Å². The lowest BCUT2D eigenvalue weighted by molar-refractivity contribution is 0.193. The molecule has 5 heteroatoms. The Morgan fingerprint density at radius 3 is 0.960 bits per heavy atom. The lowest BCUT2D eigenvalue weighted by atomic mass is 10.5. The number of allylic oxidation sites excluding steroid dienone is 2. The van der Waals surface area contributed by atoms with Gasteiger partial charge in [-0.25, -0.2) is 0 Å². The first-order chi connectivity index (χ1) is 11.0. The molecule has 0 rings (SSSR count). The van der Waals surface area contributed by atoms with E-state index >= 15 is 0 Å². The Morgan fingerprint density at radius 2 is 0.760 bits per heavy atom. The number of hydrogen-bond donors (Lipinski definition) is 0. The molecule has 0 aromatic carbocycles. The third kappa shape index (κ3) is 10.3. The molecule has 0 N–H and O–H groups in total. The van der Waals surface area contributed by atoms with E-state index in [1.807, 2.05) is 0 Å². The van der Waals surface area contributed by atoms with Gasteiger partial charge in [0.1, 0.15) is 0 Å². The maximum absolute atomic E-state index is 5.87. The van der Waals surface area contributed by atoms with Crippen LogP contribution in [0, 0.1) is 0 Å². The van der Waals surface area contributed by atoms with Gasteiger partial charge in [-0.3, -0.25) is 0 Å². The van der Waals surface area contributed by atoms with Crippen molar-refractivity contribution in [3.63, 3.8) is 0 Å². The van der Waals surface area contributed by atoms with Gasteiger partial charge in [0.15, 0.2) is 0 Å². The van der Waals surface area contributed by atoms with E-state index in [4.69, 9.17) is 4.74 Å². The van der Waals surface area contributed by atoms with E-state index in [1.165, 1.54) is 0 Å². The van der Waals surface area contributed by atoms with Gasteiger partial charge in [-0.2, -0.15) is 0 Å². The predicted molar refractivity (Wildman–Crippen MR) is 130 cm³/mol. The van der Waals surface area contributed by atoms with Crippen molar-refractivity contribution in [1.82, 2.24) is 0 Å². The molecule has 1 nitrogen and oxygen atoms in total. The summed E-state index contributed by atoms with van der Waals surface area (Å²) >= 11 is 0. The quantitative estimate of drug-likeness (QED) is 0.207. The molecule has 0 aromatic rings. The average molecular weight is 415 g/mol. The fraction of sp³-hybridized carbons (Fsp3) is 0.800. The molecule has 0 aromatic heterocycles. The highest BCUT2D eigenvalue weighted by Gasteiger charge is 2.36. The van der Waals surface area contributed by atoms with Crippen LogP contribution in [-0.2, 0) is 4.74 Å². The Labute approximate surface area is 163 Å². The smallest absolute Gasteiger partial charge is 0.0651 e. The minimum Gasteiger partial charge on any atom is -0.373 e. The van der Waals surface area contributed by atoms with Crippen molar-refractivity contribution in [3.05, 3.63) is 24.3 Å². The highest BCUT2D eigenvalue weighted by molar-refractivity contribution is 6.97. The molecule has 0 aliphatic carbocycles. The summed E-state index contributed by atoms with van der Waals surface area (Å²) < 4.78 is 5.87. The Hall–Kier alpha value is 0.308. The van der Waals surface area contributed by atoms with E-state index < -0.39 is 32.3 Å². The van der Waals surface area contributed by atoms with Crippen LogP contribution in [0.1, 0.15) is 0 Å². The third-order valence-electron chi connectivity index (χ3n) is 4.82. The lowest BCUT2D eigenvalue weighted by Crippen LogP contribution is -2.42. The van der Waals surface area contributed by atoms with E-state index in [-0.39, 0.29) is 0 Å². The van der Waals surface area contributed by atoms with Crippen LogP contribution in [0.25, 0.3) is 0 Å². The van der Waals surface area contributed by atoms with Gasteiger partial charge in [-0.05, 0) is 10.3 Å². The second-order valence-corrected chi connectivity index (χ2v) is 34.4. The van der Waals surface area contributed by atoms with Crippen molar-refractivity contribution in [2.45, 2.75) is 88.9 Å². The highest BCUT2D eigenvalue weighted by atomic mass is 28.4. The van der Waals surface area contributed by atoms with Gasteiger partial charge >= 0.3 is 0 Å². The molecule has 148 valence electrons. The van der Waals surface area contributed by atoms with Crippen LogP contribution >= 0.6 is 0 Å². The van der Waals surface area contributed by atoms with Gasteiger partial charge in [-0.1, -0.05) is 103 Å². The summed E-state index contributed by atoms with van der Waals surface area (Å²) in [6.07, 6.45) is 9.53. The molecule has 0 heterocycles. The number of ether oxygens (including phenoxy) is 1. The molecule has 0 saturated carbocycles. The minimum atomic E-state index is -1.14. The lowest BCUT2D eigenvalue weighted by Gasteiger charge is -2.36. The average Bonchev–Trinajstić information content (AvgIpc) is 2.30. The highest BCUT2D eigenvalue weighted by Crippen LogP contribution is 2.34. The van der Waals surface area contributed by atoms with Crippen LogP contribution in [0.2, 0.25) is 88.9 Å². The second kappa shape index (κ2) is 9.49. The van der Waals surface area contributed by atoms with Crippen molar-refractivity contribution < 1.29 is 4.74 Å². The van der Waals surface area contributed by atoms with E-state index in [1.54, 1.807) is 0 Å². The van der Waals surface area contributed by atoms with Gasteiger partial charge in [0.25, 0.3) is 0 Å². The van der Waals surface area contributed by atoms with Gasteiger partial charge in [-0.15, -0.1) is 0 Å². The Balaban J connectivity index is 4.59. The molecule has 0 fully saturated rings. The van der Waals surface area contributed by atoms with Crippen molar-refractivity contribution in [2.75, 3.05) is 13.2 Å². The van der Waals surface area contributed by atoms with Gasteiger partial charge in [0, 0.05) is 32.3 Å². The molecule has 0 aliphatic rings. The van der Waals surface area contributed by atoms with Gasteiger partial charge in [0.05, 0.1) is 13.2 Å². The molecular weight excluding hydrogens is 369 g/mol. The Kier molecular flexibility index (Phi) is 9.60. The summed E-state index contributed by atoms with van der Waals surface area (Å²) in [6, 6.07) is 0. The van der Waals surface area contributed by atoms with E-state index in [0.29, 0.717) is 0 Å². The molecule has 0 atom stereocenters. The molecule has 0 amide bonds. The predicted octanol–water partition coefficient (Wildman–Crippen LogP) is 7.29. The van der Waals surface area contributed by atoms with Crippen LogP contribution < -0.4 is 0 Å². The zero-order valence-corrected chi connectivity index (χ0v) is 23.3. The van der Waals surface area contributed by atoms with Crippen LogP contribution in [0.3, 0.4) is 0 Å². The summed E-state index contributed by atoms with van der Waals surface area (Å²) in [4.78, 5) is 0. The summed E-state index contributed by atoms with van der Waals surface area (Å²) in [5, 5.41) is 1.64. The topological polar surface area (TPSA) is 9.23 Å². The summed E-state index contributed by atoms with van der Waals surface area (Å²) in [5.41, 5.74) is 0. The van der Waals surface area contributed by atoms with E-state index in [0.717, 1.165) is 23.5 Å². The maximum Gasteiger partial charge on any atom is 0.0651 e. The largest absolute Gasteiger partial charge is 0.373 e. The van der Waals surface area contributed by atoms with Gasteiger partial charge in [0.2, 0.25) is 0 Å². The Bertz CT molecular complexity index is 372. The zero-order chi connectivity index (χ0) is 20.1. The van der Waals surface area contributed by atoms with Gasteiger partial charge < -0.3 is 4.74 Å². The number of rotatable bonds is 10. The molecule has 0 radical (unpaired) electrons. The third-order valence-corrected chi connectivity index (χ3v) is 23.4. The first-order valence-electron chi connectivity index (χ1n) is 9.88. The molecule has 25 heavy (non-hydrogen) atoms. The monoisotopic (exact) mass is 414 g/mol. The normalized spacial score (nSPS) is 15.3. The zero-order valence-electron chi connectivity index (χ0n) is 19.3. The van der Waals surface area contributed by atoms with Crippen molar-refractivity contribution in [1.29, 1.82) is 0 Å². The first-order valence-corrected chi connectivity index (χ1v) is 24.2. The SMILES string of the molecule is C[Si](C)(C)C(C=CCOCC=CC([Si](C)(C)C)[Si](C)(C)C)[Si](C)(C)C. The fourth-order valence-electron chi connectivity index (χ4n) is 4.34. The van der Waals surface area contributed by atoms with Crippen LogP contribution in [0.4, 0.5) is 0 Å². The number of hydrogen-bond acceptors (Lipinski definition) is 1. The van der Waals surface area contributed by atoms with Crippen molar-refractivity contribution >= 4 is 32.3 Å². The fourth-order valence-corrected chi connectivity index (χ4v) is 28.0. The first kappa shape index (κ1) is 25.3. The standard InChI is InChI=1S/C20H46OSi4/c1-22(2,3)19(23(4,5)6)15-13-17-21-18-14-16-20(24(7,8)9)25(10,11)12/h13-16,19-20H,17-18H2,1-12H3. The van der Waals surface area contributed by atoms with Crippen molar-refractivity contribution in [2.24, 2.45) is 0 Å².